The first kappa shape index (κ1) is 33.2. The van der Waals surface area contributed by atoms with Crippen LogP contribution in [0.5, 0.6) is 5.75 Å². The van der Waals surface area contributed by atoms with E-state index in [0.29, 0.717) is 68.0 Å². The summed E-state index contributed by atoms with van der Waals surface area (Å²) in [6.07, 6.45) is -0.767. The molecule has 0 radical (unpaired) electrons. The first-order valence-electron chi connectivity index (χ1n) is 16.6. The van der Waals surface area contributed by atoms with E-state index >= 15 is 0 Å². The van der Waals surface area contributed by atoms with Gasteiger partial charge in [0.15, 0.2) is 29.4 Å². The maximum absolute atomic E-state index is 11.9. The number of hydrogen-bond acceptors (Lipinski definition) is 8. The van der Waals surface area contributed by atoms with Gasteiger partial charge in [0, 0.05) is 57.9 Å². The van der Waals surface area contributed by atoms with Crippen molar-refractivity contribution in [3.05, 3.63) is 91.0 Å². The molecule has 2 aliphatic rings. The predicted molar refractivity (Wildman–Crippen MR) is 196 cm³/mol. The summed E-state index contributed by atoms with van der Waals surface area (Å²) in [4.78, 5) is 49.0. The summed E-state index contributed by atoms with van der Waals surface area (Å²) in [5, 5.41) is 13.0. The zero-order valence-electron chi connectivity index (χ0n) is 28.8. The Morgan fingerprint density at radius 1 is 0.615 bits per heavy atom. The van der Waals surface area contributed by atoms with Gasteiger partial charge in [-0.15, -0.1) is 0 Å². The van der Waals surface area contributed by atoms with Gasteiger partial charge in [-0.25, -0.2) is 29.9 Å². The molecule has 12 nitrogen and oxygen atoms in total. The number of nitrogens with one attached hydrogen (secondary N) is 2. The summed E-state index contributed by atoms with van der Waals surface area (Å²) in [7, 11) is 6.02. The van der Waals surface area contributed by atoms with Crippen LogP contribution in [0.25, 0.3) is 89.7 Å². The van der Waals surface area contributed by atoms with Crippen LogP contribution in [-0.2, 0) is 24.3 Å². The van der Waals surface area contributed by atoms with Crippen LogP contribution in [-0.4, -0.2) is 89.2 Å². The van der Waals surface area contributed by atoms with Gasteiger partial charge in [-0.3, -0.25) is 4.79 Å². The van der Waals surface area contributed by atoms with E-state index in [1.54, 1.807) is 0 Å². The number of likely N-dealkylation sites (N-methyl/N-ethyl adjacent to an activating group) is 1. The average molecular weight is 740 g/mol. The molecule has 52 heavy (non-hydrogen) atoms. The Morgan fingerprint density at radius 2 is 1.04 bits per heavy atom. The Hall–Kier alpha value is -5.91. The number of carboxylic acids is 1. The largest absolute Gasteiger partial charge is 0.483 e. The van der Waals surface area contributed by atoms with Crippen LogP contribution in [0.3, 0.4) is 0 Å². The number of hydrogen-bond donors (Lipinski definition) is 3. The quantitative estimate of drug-likeness (QED) is 0.123. The average Bonchev–Trinajstić information content (AvgIpc) is 3.83. The molecule has 3 N–H and O–H groups in total. The molecule has 7 aromatic rings. The van der Waals surface area contributed by atoms with E-state index in [1.165, 1.54) is 0 Å². The number of fused-ring (bicyclic) bond motifs is 20. The number of aliphatic carboxylic acids is 1. The maximum atomic E-state index is 11.9. The van der Waals surface area contributed by atoms with Gasteiger partial charge in [0.1, 0.15) is 34.9 Å². The van der Waals surface area contributed by atoms with Crippen molar-refractivity contribution in [2.45, 2.75) is 12.5 Å². The molecule has 0 saturated carbocycles. The molecule has 2 aliphatic heterocycles. The number of ether oxygens (including phenoxy) is 1. The summed E-state index contributed by atoms with van der Waals surface area (Å²) in [6.45, 7) is 0.474. The number of quaternary nitrogens is 1. The molecule has 0 aliphatic carbocycles. The number of aromatic amines is 2. The number of rotatable bonds is 6. The Morgan fingerprint density at radius 3 is 1.52 bits per heavy atom. The summed E-state index contributed by atoms with van der Waals surface area (Å²) in [5.74, 6) is 1.55. The van der Waals surface area contributed by atoms with Crippen molar-refractivity contribution < 1.29 is 38.6 Å². The van der Waals surface area contributed by atoms with Gasteiger partial charge in [-0.1, -0.05) is 84.9 Å². The molecule has 252 valence electrons. The van der Waals surface area contributed by atoms with Gasteiger partial charge in [0.2, 0.25) is 0 Å². The smallest absolute Gasteiger partial charge is 0.307 e. The topological polar surface area (TPSA) is 155 Å². The Bertz CT molecular complexity index is 2730. The summed E-state index contributed by atoms with van der Waals surface area (Å²) >= 11 is 0. The van der Waals surface area contributed by atoms with Crippen molar-refractivity contribution in [2.24, 2.45) is 0 Å². The fraction of sp³-hybridized carbons (Fsp3) is 0.154. The van der Waals surface area contributed by atoms with E-state index in [9.17, 15) is 9.90 Å². The number of H-pyrrole nitrogens is 2. The molecule has 0 unspecified atom stereocenters. The zero-order valence-corrected chi connectivity index (χ0v) is 31.7. The Labute approximate surface area is 310 Å². The molecule has 13 heteroatoms. The minimum absolute atomic E-state index is 0. The van der Waals surface area contributed by atoms with Gasteiger partial charge < -0.3 is 24.3 Å². The van der Waals surface area contributed by atoms with Crippen LogP contribution in [0.2, 0.25) is 0 Å². The van der Waals surface area contributed by atoms with E-state index in [2.05, 4.69) is 9.97 Å². The maximum Gasteiger partial charge on any atom is 0.307 e. The Kier molecular flexibility index (Phi) is 8.12. The fourth-order valence-electron chi connectivity index (χ4n) is 6.89. The van der Waals surface area contributed by atoms with E-state index in [-0.39, 0.29) is 25.9 Å². The number of carboxylic acid groups (broad SMARTS) is 1. The monoisotopic (exact) mass is 738 g/mol. The first-order chi connectivity index (χ1) is 24.7. The molecule has 1 atom stereocenters. The Balaban J connectivity index is 0.00000387. The third-order valence-electron chi connectivity index (χ3n) is 8.99. The SMILES string of the molecule is C[N+](C)(C)C[C@@H](CC(=O)O)Oc1cccc2c3nc4nc(nc5[nH]c(nc6nc(nc([nH]3)c12)-c1ccccc1-6)c1ccccc51)-c1ccccc1-4.[Zn]. The molecular formula is C39H32N9O3Zn+. The van der Waals surface area contributed by atoms with E-state index in [0.717, 1.165) is 38.4 Å². The molecule has 5 heterocycles. The van der Waals surface area contributed by atoms with Crippen molar-refractivity contribution in [3.8, 4) is 51.3 Å². The summed E-state index contributed by atoms with van der Waals surface area (Å²) in [5.41, 5.74) is 5.60. The molecule has 8 bridgehead atoms. The fourth-order valence-corrected chi connectivity index (χ4v) is 6.89. The summed E-state index contributed by atoms with van der Waals surface area (Å²) < 4.78 is 7.08. The number of benzene rings is 4. The second kappa shape index (κ2) is 12.7. The minimum Gasteiger partial charge on any atom is -0.483 e. The predicted octanol–water partition coefficient (Wildman–Crippen LogP) is 6.80. The van der Waals surface area contributed by atoms with Crippen LogP contribution in [0, 0.1) is 0 Å². The molecule has 4 aromatic carbocycles. The second-order valence-corrected chi connectivity index (χ2v) is 13.7. The molecule has 0 spiro atoms. The van der Waals surface area contributed by atoms with Gasteiger partial charge >= 0.3 is 5.97 Å². The van der Waals surface area contributed by atoms with Crippen molar-refractivity contribution in [1.29, 1.82) is 0 Å². The first-order valence-corrected chi connectivity index (χ1v) is 16.6. The van der Waals surface area contributed by atoms with E-state index in [4.69, 9.17) is 34.6 Å². The van der Waals surface area contributed by atoms with Crippen molar-refractivity contribution in [3.63, 3.8) is 0 Å². The van der Waals surface area contributed by atoms with Gasteiger partial charge in [-0.05, 0) is 6.07 Å². The molecule has 9 rings (SSSR count). The third-order valence-corrected chi connectivity index (χ3v) is 8.99. The molecule has 0 fully saturated rings. The van der Waals surface area contributed by atoms with Gasteiger partial charge in [-0.2, -0.15) is 0 Å². The molecule has 0 amide bonds. The minimum atomic E-state index is -0.936. The number of aromatic nitrogens is 8. The van der Waals surface area contributed by atoms with E-state index < -0.39 is 12.1 Å². The van der Waals surface area contributed by atoms with Gasteiger partial charge in [0.25, 0.3) is 0 Å². The van der Waals surface area contributed by atoms with Crippen LogP contribution in [0.15, 0.2) is 91.0 Å². The second-order valence-electron chi connectivity index (χ2n) is 13.7. The standard InChI is InChI=1S/C39H31N9O3.Zn/c1-48(2,3)20-21(19-30(49)50)51-29-18-10-17-28-31(29)39-46-37-27-16-9-8-15-26(27)35(44-37)42-33-23-12-5-4-11-22(23)32(40-33)41-34-24-13-6-7-14-25(24)36(43-34)45-38(28)47-39;/h4-18,21H,19-20H2,1-3H3,(H2-,40,41,42,43,44,45,46,47,49,50);/p+1/t21-;/m1./s1. The molecular weight excluding hydrogens is 708 g/mol. The third kappa shape index (κ3) is 5.87. The molecule has 3 aromatic heterocycles. The van der Waals surface area contributed by atoms with Crippen molar-refractivity contribution >= 4 is 50.1 Å². The van der Waals surface area contributed by atoms with Crippen LogP contribution in [0.1, 0.15) is 6.42 Å². The van der Waals surface area contributed by atoms with Crippen molar-refractivity contribution in [1.82, 2.24) is 39.9 Å². The van der Waals surface area contributed by atoms with Crippen LogP contribution in [0.4, 0.5) is 0 Å². The van der Waals surface area contributed by atoms with E-state index in [1.807, 2.05) is 112 Å². The molecule has 0 saturated heterocycles. The van der Waals surface area contributed by atoms with Crippen LogP contribution < -0.4 is 4.74 Å². The zero-order chi connectivity index (χ0) is 34.9. The van der Waals surface area contributed by atoms with Crippen molar-refractivity contribution in [2.75, 3.05) is 27.7 Å². The number of carbonyl (C=O) groups is 1. The summed E-state index contributed by atoms with van der Waals surface area (Å²) in [6, 6.07) is 29.4. The van der Waals surface area contributed by atoms with Gasteiger partial charge in [0.05, 0.1) is 33.0 Å². The number of nitrogens with zero attached hydrogens (tertiary/aromatic N) is 7. The van der Waals surface area contributed by atoms with Crippen LogP contribution >= 0.6 is 0 Å². The normalized spacial score (nSPS) is 12.6.